The molecule has 0 spiro atoms. The minimum absolute atomic E-state index is 0.188. The molecule has 0 fully saturated rings. The van der Waals surface area contributed by atoms with Gasteiger partial charge in [-0.3, -0.25) is 14.5 Å². The molecule has 0 bridgehead atoms. The van der Waals surface area contributed by atoms with Crippen LogP contribution in [0.3, 0.4) is 0 Å². The molecule has 2 aromatic rings. The molecule has 3 rings (SSSR count). The molecule has 0 aromatic carbocycles. The molecule has 1 aliphatic heterocycles. The summed E-state index contributed by atoms with van der Waals surface area (Å²) in [4.78, 5) is 9.04. The standard InChI is InChI=1S/C12H9N3OS2/c1-15-11(16)10(18-12(15)17)4-7-5-14-9-6-13-3-2-8(7)9/h2-6,16H,1H3. The zero-order valence-corrected chi connectivity index (χ0v) is 11.1. The second-order valence-corrected chi connectivity index (χ2v) is 5.54. The quantitative estimate of drug-likeness (QED) is 0.813. The van der Waals surface area contributed by atoms with Crippen LogP contribution in [0.2, 0.25) is 0 Å². The van der Waals surface area contributed by atoms with Crippen molar-refractivity contribution in [2.75, 3.05) is 0 Å². The predicted molar refractivity (Wildman–Crippen MR) is 76.0 cm³/mol. The molecule has 0 unspecified atom stereocenters. The maximum Gasteiger partial charge on any atom is 0.210 e. The van der Waals surface area contributed by atoms with Crippen LogP contribution in [0.15, 0.2) is 23.5 Å². The first-order valence-corrected chi connectivity index (χ1v) is 6.48. The number of hydrogen-bond acceptors (Lipinski definition) is 5. The first-order valence-electron chi connectivity index (χ1n) is 5.26. The Morgan fingerprint density at radius 2 is 2.33 bits per heavy atom. The molecule has 2 aromatic heterocycles. The Morgan fingerprint density at radius 1 is 1.50 bits per heavy atom. The van der Waals surface area contributed by atoms with Gasteiger partial charge in [0.15, 0.2) is 3.95 Å². The third-order valence-corrected chi connectivity index (χ3v) is 4.24. The monoisotopic (exact) mass is 275 g/mol. The van der Waals surface area contributed by atoms with Crippen LogP contribution >= 0.6 is 23.6 Å². The van der Waals surface area contributed by atoms with Gasteiger partial charge in [-0.2, -0.15) is 0 Å². The number of pyridine rings is 1. The summed E-state index contributed by atoms with van der Waals surface area (Å²) in [6.07, 6.45) is 7.12. The van der Waals surface area contributed by atoms with E-state index in [1.165, 1.54) is 11.3 Å². The molecule has 0 saturated carbocycles. The molecular weight excluding hydrogens is 266 g/mol. The van der Waals surface area contributed by atoms with Gasteiger partial charge in [-0.05, 0) is 24.4 Å². The third-order valence-electron chi connectivity index (χ3n) is 2.75. The largest absolute Gasteiger partial charge is 0.493 e. The second-order valence-electron chi connectivity index (χ2n) is 3.87. The van der Waals surface area contributed by atoms with Gasteiger partial charge in [0.05, 0.1) is 16.8 Å². The number of aromatic hydroxyl groups is 1. The molecule has 6 heteroatoms. The summed E-state index contributed by atoms with van der Waals surface area (Å²) in [7, 11) is 1.75. The van der Waals surface area contributed by atoms with Crippen LogP contribution in [0, 0.1) is 3.95 Å². The van der Waals surface area contributed by atoms with Crippen LogP contribution in [-0.4, -0.2) is 20.9 Å². The predicted octanol–water partition coefficient (Wildman–Crippen LogP) is 3.17. The van der Waals surface area contributed by atoms with Gasteiger partial charge >= 0.3 is 0 Å². The van der Waals surface area contributed by atoms with E-state index in [1.807, 2.05) is 12.1 Å². The number of hydrogen-bond donors (Lipinski definition) is 1. The molecule has 0 atom stereocenters. The van der Waals surface area contributed by atoms with Crippen molar-refractivity contribution < 1.29 is 5.11 Å². The van der Waals surface area contributed by atoms with E-state index in [0.717, 1.165) is 21.7 Å². The Bertz CT molecular complexity index is 740. The highest BCUT2D eigenvalue weighted by atomic mass is 32.1. The van der Waals surface area contributed by atoms with Crippen molar-refractivity contribution in [3.05, 3.63) is 32.9 Å². The summed E-state index contributed by atoms with van der Waals surface area (Å²) in [6, 6.07) is 1.91. The molecule has 1 N–H and O–H groups in total. The van der Waals surface area contributed by atoms with Gasteiger partial charge in [0.2, 0.25) is 5.88 Å². The lowest BCUT2D eigenvalue weighted by Gasteiger charge is -1.98. The Balaban J connectivity index is 2.12. The number of aliphatic imine (C=N–C) groups is 1. The van der Waals surface area contributed by atoms with Crippen LogP contribution in [0.1, 0.15) is 10.4 Å². The molecule has 90 valence electrons. The van der Waals surface area contributed by atoms with Crippen molar-refractivity contribution in [3.63, 3.8) is 0 Å². The van der Waals surface area contributed by atoms with E-state index in [9.17, 15) is 5.11 Å². The summed E-state index contributed by atoms with van der Waals surface area (Å²) in [6.45, 7) is 0. The normalized spacial score (nSPS) is 15.3. The summed E-state index contributed by atoms with van der Waals surface area (Å²) >= 11 is 6.51. The smallest absolute Gasteiger partial charge is 0.210 e. The Kier molecular flexibility index (Phi) is 2.61. The average Bonchev–Trinajstić information content (AvgIpc) is 2.89. The van der Waals surface area contributed by atoms with Crippen LogP contribution in [0.5, 0.6) is 5.88 Å². The fraction of sp³-hybridized carbons (Fsp3) is 0.0833. The number of rotatable bonds is 1. The first kappa shape index (κ1) is 11.3. The molecule has 0 saturated heterocycles. The molecule has 18 heavy (non-hydrogen) atoms. The third kappa shape index (κ3) is 1.70. The fourth-order valence-corrected chi connectivity index (χ4v) is 2.93. The second kappa shape index (κ2) is 4.15. The summed E-state index contributed by atoms with van der Waals surface area (Å²) in [5, 5.41) is 9.93. The average molecular weight is 275 g/mol. The summed E-state index contributed by atoms with van der Waals surface area (Å²) < 4.78 is 2.23. The molecule has 3 heterocycles. The van der Waals surface area contributed by atoms with E-state index in [0.29, 0.717) is 3.95 Å². The fourth-order valence-electron chi connectivity index (χ4n) is 1.75. The van der Waals surface area contributed by atoms with Crippen LogP contribution in [0.25, 0.3) is 11.6 Å². The summed E-state index contributed by atoms with van der Waals surface area (Å²) in [5.41, 5.74) is 2.83. The lowest BCUT2D eigenvalue weighted by Crippen LogP contribution is -1.85. The maximum atomic E-state index is 9.93. The van der Waals surface area contributed by atoms with E-state index in [-0.39, 0.29) is 5.88 Å². The zero-order chi connectivity index (χ0) is 12.7. The van der Waals surface area contributed by atoms with Crippen LogP contribution in [0.4, 0.5) is 5.69 Å². The number of nitrogens with zero attached hydrogens (tertiary/aromatic N) is 3. The van der Waals surface area contributed by atoms with Gasteiger partial charge in [-0.15, -0.1) is 11.3 Å². The van der Waals surface area contributed by atoms with Crippen molar-refractivity contribution in [2.24, 2.45) is 12.0 Å². The van der Waals surface area contributed by atoms with Gasteiger partial charge in [-0.1, -0.05) is 0 Å². The van der Waals surface area contributed by atoms with Crippen LogP contribution in [-0.2, 0) is 7.05 Å². The Hall–Kier alpha value is -1.79. The van der Waals surface area contributed by atoms with Crippen molar-refractivity contribution in [3.8, 4) is 5.88 Å². The SMILES string of the molecule is Cn1c(O)c(C=C2C=Nc3cnccc32)sc1=S. The summed E-state index contributed by atoms with van der Waals surface area (Å²) in [5.74, 6) is 0.188. The van der Waals surface area contributed by atoms with Crippen molar-refractivity contribution in [1.82, 2.24) is 9.55 Å². The van der Waals surface area contributed by atoms with E-state index < -0.39 is 0 Å². The lowest BCUT2D eigenvalue weighted by atomic mass is 10.1. The molecule has 0 radical (unpaired) electrons. The van der Waals surface area contributed by atoms with Crippen molar-refractivity contribution >= 4 is 47.1 Å². The Morgan fingerprint density at radius 3 is 3.06 bits per heavy atom. The van der Waals surface area contributed by atoms with Gasteiger partial charge in [0.25, 0.3) is 0 Å². The number of aromatic nitrogens is 2. The molecular formula is C12H9N3OS2. The van der Waals surface area contributed by atoms with E-state index in [1.54, 1.807) is 30.2 Å². The van der Waals surface area contributed by atoms with Gasteiger partial charge < -0.3 is 5.11 Å². The van der Waals surface area contributed by atoms with Crippen LogP contribution < -0.4 is 0 Å². The number of allylic oxidation sites excluding steroid dienone is 1. The van der Waals surface area contributed by atoms with Gasteiger partial charge in [0, 0.05) is 30.6 Å². The van der Waals surface area contributed by atoms with Crippen molar-refractivity contribution in [2.45, 2.75) is 0 Å². The van der Waals surface area contributed by atoms with E-state index >= 15 is 0 Å². The minimum Gasteiger partial charge on any atom is -0.493 e. The zero-order valence-electron chi connectivity index (χ0n) is 9.49. The van der Waals surface area contributed by atoms with Crippen molar-refractivity contribution in [1.29, 1.82) is 0 Å². The lowest BCUT2D eigenvalue weighted by molar-refractivity contribution is 0.430. The topological polar surface area (TPSA) is 50.4 Å². The number of fused-ring (bicyclic) bond motifs is 1. The highest BCUT2D eigenvalue weighted by Gasteiger charge is 2.14. The molecule has 0 amide bonds. The van der Waals surface area contributed by atoms with E-state index in [2.05, 4.69) is 9.98 Å². The van der Waals surface area contributed by atoms with Gasteiger partial charge in [-0.25, -0.2) is 0 Å². The van der Waals surface area contributed by atoms with E-state index in [4.69, 9.17) is 12.2 Å². The maximum absolute atomic E-state index is 9.93. The first-order chi connectivity index (χ1) is 8.66. The van der Waals surface area contributed by atoms with Gasteiger partial charge in [0.1, 0.15) is 0 Å². The highest BCUT2D eigenvalue weighted by molar-refractivity contribution is 7.73. The number of thiazole rings is 1. The highest BCUT2D eigenvalue weighted by Crippen LogP contribution is 2.34. The Labute approximate surface area is 113 Å². The molecule has 0 aliphatic carbocycles. The minimum atomic E-state index is 0.188. The molecule has 4 nitrogen and oxygen atoms in total. The molecule has 1 aliphatic rings.